The molecular formula is C25H30N8. The van der Waals surface area contributed by atoms with Crippen molar-refractivity contribution in [3.05, 3.63) is 66.0 Å². The molecule has 8 nitrogen and oxygen atoms in total. The Hall–Kier alpha value is -3.36. The van der Waals surface area contributed by atoms with Gasteiger partial charge < -0.3 is 16.8 Å². The third kappa shape index (κ3) is 4.86. The Bertz CT molecular complexity index is 1200. The average Bonchev–Trinajstić information content (AvgIpc) is 3.28. The monoisotopic (exact) mass is 442 g/mol. The third-order valence-corrected chi connectivity index (χ3v) is 6.49. The Balaban J connectivity index is 1.35. The fourth-order valence-electron chi connectivity index (χ4n) is 4.56. The minimum atomic E-state index is 0.221. The summed E-state index contributed by atoms with van der Waals surface area (Å²) in [5, 5.41) is 11.8. The first-order valence-electron chi connectivity index (χ1n) is 11.6. The molecule has 1 aliphatic rings. The standard InChI is InChI=1S/C25H30N8/c26-14-17(16-5-2-1-3-6-16)13-20-7-4-8-22(29-20)23-21-15-28-25(31-24(21)33-32-23)30-19-11-9-18(27)10-12-19/h1-8,15,17-19H,9-14,26-27H2,(H2,28,30,31,32,33). The highest BCUT2D eigenvalue weighted by atomic mass is 15.2. The first-order valence-corrected chi connectivity index (χ1v) is 11.6. The summed E-state index contributed by atoms with van der Waals surface area (Å²) in [7, 11) is 0. The lowest BCUT2D eigenvalue weighted by molar-refractivity contribution is 0.410. The largest absolute Gasteiger partial charge is 0.351 e. The lowest BCUT2D eigenvalue weighted by Crippen LogP contribution is -2.33. The van der Waals surface area contributed by atoms with Gasteiger partial charge in [0.15, 0.2) is 5.65 Å². The van der Waals surface area contributed by atoms with Crippen molar-refractivity contribution in [1.82, 2.24) is 25.1 Å². The highest BCUT2D eigenvalue weighted by Crippen LogP contribution is 2.26. The number of nitrogens with zero attached hydrogens (tertiary/aromatic N) is 4. The van der Waals surface area contributed by atoms with Crippen molar-refractivity contribution in [3.63, 3.8) is 0 Å². The summed E-state index contributed by atoms with van der Waals surface area (Å²) in [6.07, 6.45) is 6.73. The molecule has 0 saturated heterocycles. The highest BCUT2D eigenvalue weighted by molar-refractivity contribution is 5.89. The Kier molecular flexibility index (Phi) is 6.28. The molecule has 1 unspecified atom stereocenters. The number of pyridine rings is 1. The Morgan fingerprint density at radius 2 is 1.82 bits per heavy atom. The van der Waals surface area contributed by atoms with Crippen LogP contribution >= 0.6 is 0 Å². The summed E-state index contributed by atoms with van der Waals surface area (Å²) < 4.78 is 0. The molecule has 5 rings (SSSR count). The van der Waals surface area contributed by atoms with Gasteiger partial charge in [-0.05, 0) is 56.3 Å². The van der Waals surface area contributed by atoms with E-state index < -0.39 is 0 Å². The van der Waals surface area contributed by atoms with Crippen LogP contribution in [0.15, 0.2) is 54.7 Å². The van der Waals surface area contributed by atoms with Crippen molar-refractivity contribution in [2.75, 3.05) is 11.9 Å². The van der Waals surface area contributed by atoms with Gasteiger partial charge in [-0.1, -0.05) is 36.4 Å². The minimum Gasteiger partial charge on any atom is -0.351 e. The number of aromatic nitrogens is 5. The number of nitrogens with two attached hydrogens (primary N) is 2. The molecule has 8 heteroatoms. The predicted molar refractivity (Wildman–Crippen MR) is 131 cm³/mol. The van der Waals surface area contributed by atoms with E-state index in [1.165, 1.54) is 5.56 Å². The van der Waals surface area contributed by atoms with Gasteiger partial charge in [-0.3, -0.25) is 10.1 Å². The smallest absolute Gasteiger partial charge is 0.224 e. The van der Waals surface area contributed by atoms with Crippen molar-refractivity contribution in [2.24, 2.45) is 11.5 Å². The number of H-pyrrole nitrogens is 1. The molecule has 1 atom stereocenters. The van der Waals surface area contributed by atoms with E-state index >= 15 is 0 Å². The van der Waals surface area contributed by atoms with Gasteiger partial charge in [0.2, 0.25) is 5.95 Å². The van der Waals surface area contributed by atoms with Crippen molar-refractivity contribution in [3.8, 4) is 11.4 Å². The molecule has 1 aliphatic carbocycles. The van der Waals surface area contributed by atoms with Gasteiger partial charge in [0.1, 0.15) is 0 Å². The fourth-order valence-corrected chi connectivity index (χ4v) is 4.56. The van der Waals surface area contributed by atoms with Crippen LogP contribution in [-0.2, 0) is 6.42 Å². The number of fused-ring (bicyclic) bond motifs is 1. The fraction of sp³-hybridized carbons (Fsp3) is 0.360. The van der Waals surface area contributed by atoms with Crippen LogP contribution in [0.5, 0.6) is 0 Å². The quantitative estimate of drug-likeness (QED) is 0.345. The number of rotatable bonds is 7. The van der Waals surface area contributed by atoms with E-state index in [4.69, 9.17) is 16.5 Å². The normalized spacial score (nSPS) is 19.5. The first-order chi connectivity index (χ1) is 16.2. The average molecular weight is 443 g/mol. The van der Waals surface area contributed by atoms with Crippen molar-refractivity contribution in [2.45, 2.75) is 50.1 Å². The molecule has 6 N–H and O–H groups in total. The molecular weight excluding hydrogens is 412 g/mol. The van der Waals surface area contributed by atoms with Gasteiger partial charge in [0.25, 0.3) is 0 Å². The van der Waals surface area contributed by atoms with Crippen LogP contribution in [0.1, 0.15) is 42.9 Å². The second-order valence-corrected chi connectivity index (χ2v) is 8.85. The van der Waals surface area contributed by atoms with Gasteiger partial charge in [-0.2, -0.15) is 10.1 Å². The van der Waals surface area contributed by atoms with E-state index in [0.29, 0.717) is 30.2 Å². The number of nitrogens with one attached hydrogen (secondary N) is 2. The SMILES string of the molecule is NCC(Cc1cccc(-c2[nH]nc3nc(NC4CCC(N)CC4)ncc23)n1)c1ccccc1. The Morgan fingerprint density at radius 1 is 1.00 bits per heavy atom. The molecule has 0 radical (unpaired) electrons. The molecule has 170 valence electrons. The van der Waals surface area contributed by atoms with Crippen molar-refractivity contribution >= 4 is 17.0 Å². The van der Waals surface area contributed by atoms with Crippen LogP contribution in [0.3, 0.4) is 0 Å². The molecule has 0 bridgehead atoms. The zero-order chi connectivity index (χ0) is 22.6. The van der Waals surface area contributed by atoms with Crippen LogP contribution in [0.25, 0.3) is 22.4 Å². The molecule has 1 saturated carbocycles. The van der Waals surface area contributed by atoms with Gasteiger partial charge in [0.05, 0.1) is 16.8 Å². The molecule has 3 aromatic heterocycles. The number of benzene rings is 1. The van der Waals surface area contributed by atoms with E-state index in [2.05, 4.69) is 37.6 Å². The van der Waals surface area contributed by atoms with Crippen LogP contribution in [0.2, 0.25) is 0 Å². The first kappa shape index (κ1) is 21.5. The Morgan fingerprint density at radius 3 is 2.61 bits per heavy atom. The van der Waals surface area contributed by atoms with Crippen LogP contribution in [0, 0.1) is 0 Å². The molecule has 4 aromatic rings. The van der Waals surface area contributed by atoms with Crippen LogP contribution in [-0.4, -0.2) is 43.8 Å². The molecule has 0 spiro atoms. The zero-order valence-corrected chi connectivity index (χ0v) is 18.6. The van der Waals surface area contributed by atoms with Crippen molar-refractivity contribution in [1.29, 1.82) is 0 Å². The second-order valence-electron chi connectivity index (χ2n) is 8.85. The van der Waals surface area contributed by atoms with E-state index in [9.17, 15) is 0 Å². The number of hydrogen-bond donors (Lipinski definition) is 4. The number of aromatic amines is 1. The maximum Gasteiger partial charge on any atom is 0.224 e. The topological polar surface area (TPSA) is 131 Å². The number of hydrogen-bond acceptors (Lipinski definition) is 7. The molecule has 33 heavy (non-hydrogen) atoms. The number of anilines is 1. The zero-order valence-electron chi connectivity index (χ0n) is 18.6. The van der Waals surface area contributed by atoms with Gasteiger partial charge in [0, 0.05) is 29.9 Å². The lowest BCUT2D eigenvalue weighted by Gasteiger charge is -2.26. The van der Waals surface area contributed by atoms with E-state index in [1.54, 1.807) is 0 Å². The molecule has 0 aliphatic heterocycles. The summed E-state index contributed by atoms with van der Waals surface area (Å²) in [5.41, 5.74) is 16.6. The van der Waals surface area contributed by atoms with E-state index in [1.807, 2.05) is 42.6 Å². The maximum atomic E-state index is 6.07. The minimum absolute atomic E-state index is 0.221. The predicted octanol–water partition coefficient (Wildman–Crippen LogP) is 3.38. The summed E-state index contributed by atoms with van der Waals surface area (Å²) in [6, 6.07) is 17.1. The van der Waals surface area contributed by atoms with Gasteiger partial charge in [-0.15, -0.1) is 0 Å². The summed E-state index contributed by atoms with van der Waals surface area (Å²) in [4.78, 5) is 14.1. The Labute approximate surface area is 193 Å². The summed E-state index contributed by atoms with van der Waals surface area (Å²) >= 11 is 0. The molecule has 1 fully saturated rings. The summed E-state index contributed by atoms with van der Waals surface area (Å²) in [5.74, 6) is 0.829. The third-order valence-electron chi connectivity index (χ3n) is 6.49. The van der Waals surface area contributed by atoms with Gasteiger partial charge >= 0.3 is 0 Å². The second kappa shape index (κ2) is 9.64. The van der Waals surface area contributed by atoms with Crippen LogP contribution < -0.4 is 16.8 Å². The molecule has 1 aromatic carbocycles. The van der Waals surface area contributed by atoms with E-state index in [0.717, 1.165) is 54.6 Å². The molecule has 3 heterocycles. The lowest BCUT2D eigenvalue weighted by atomic mass is 9.92. The van der Waals surface area contributed by atoms with Crippen LogP contribution in [0.4, 0.5) is 5.95 Å². The molecule has 0 amide bonds. The summed E-state index contributed by atoms with van der Waals surface area (Å²) in [6.45, 7) is 0.569. The highest BCUT2D eigenvalue weighted by Gasteiger charge is 2.20. The van der Waals surface area contributed by atoms with E-state index in [-0.39, 0.29) is 5.92 Å². The maximum absolute atomic E-state index is 6.07. The van der Waals surface area contributed by atoms with Gasteiger partial charge in [-0.25, -0.2) is 4.98 Å². The van der Waals surface area contributed by atoms with Crippen molar-refractivity contribution < 1.29 is 0 Å².